The van der Waals surface area contributed by atoms with Crippen molar-refractivity contribution in [3.63, 3.8) is 0 Å². The Morgan fingerprint density at radius 1 is 1.38 bits per heavy atom. The highest BCUT2D eigenvalue weighted by Gasteiger charge is 2.12. The van der Waals surface area contributed by atoms with Crippen molar-refractivity contribution < 1.29 is 0 Å². The van der Waals surface area contributed by atoms with Crippen LogP contribution in [0.4, 0.5) is 0 Å². The number of nitrogens with one attached hydrogen (secondary N) is 1. The number of nitrogens with zero attached hydrogens (tertiary/aromatic N) is 3. The van der Waals surface area contributed by atoms with Gasteiger partial charge in [0.25, 0.3) is 0 Å². The number of hydrogen-bond donors (Lipinski definition) is 1. The number of rotatable bonds is 6. The van der Waals surface area contributed by atoms with E-state index >= 15 is 0 Å². The molecule has 4 heteroatoms. The SMILES string of the molecule is CCCNCc1ncnn1CCC(C)(C)C. The molecule has 1 rings (SSSR count). The summed E-state index contributed by atoms with van der Waals surface area (Å²) in [5.41, 5.74) is 0.347. The highest BCUT2D eigenvalue weighted by molar-refractivity contribution is 4.84. The van der Waals surface area contributed by atoms with Crippen LogP contribution in [-0.4, -0.2) is 21.3 Å². The fraction of sp³-hybridized carbons (Fsp3) is 0.833. The Labute approximate surface area is 98.5 Å². The van der Waals surface area contributed by atoms with Gasteiger partial charge >= 0.3 is 0 Å². The van der Waals surface area contributed by atoms with Gasteiger partial charge in [-0.2, -0.15) is 5.10 Å². The Bertz CT molecular complexity index is 298. The third-order valence-corrected chi connectivity index (χ3v) is 2.48. The Morgan fingerprint density at radius 3 is 2.75 bits per heavy atom. The first-order valence-electron chi connectivity index (χ1n) is 6.10. The third-order valence-electron chi connectivity index (χ3n) is 2.48. The van der Waals surface area contributed by atoms with Crippen LogP contribution >= 0.6 is 0 Å². The first kappa shape index (κ1) is 13.2. The summed E-state index contributed by atoms with van der Waals surface area (Å²) >= 11 is 0. The zero-order valence-corrected chi connectivity index (χ0v) is 11.0. The lowest BCUT2D eigenvalue weighted by Crippen LogP contribution is -2.19. The van der Waals surface area contributed by atoms with E-state index in [2.05, 4.69) is 43.1 Å². The van der Waals surface area contributed by atoms with Crippen LogP contribution < -0.4 is 5.32 Å². The van der Waals surface area contributed by atoms with E-state index in [1.54, 1.807) is 6.33 Å². The molecule has 0 fully saturated rings. The van der Waals surface area contributed by atoms with Gasteiger partial charge in [0.2, 0.25) is 0 Å². The van der Waals surface area contributed by atoms with Crippen molar-refractivity contribution in [1.82, 2.24) is 20.1 Å². The van der Waals surface area contributed by atoms with Crippen LogP contribution in [0.15, 0.2) is 6.33 Å². The average molecular weight is 224 g/mol. The highest BCUT2D eigenvalue weighted by atomic mass is 15.3. The molecule has 0 atom stereocenters. The largest absolute Gasteiger partial charge is 0.310 e. The molecule has 92 valence electrons. The minimum Gasteiger partial charge on any atom is -0.310 e. The standard InChI is InChI=1S/C12H24N4/c1-5-7-13-9-11-14-10-15-16(11)8-6-12(2,3)4/h10,13H,5-9H2,1-4H3. The summed E-state index contributed by atoms with van der Waals surface area (Å²) in [7, 11) is 0. The molecule has 0 saturated carbocycles. The second-order valence-electron chi connectivity index (χ2n) is 5.39. The summed E-state index contributed by atoms with van der Waals surface area (Å²) in [5, 5.41) is 7.62. The van der Waals surface area contributed by atoms with Gasteiger partial charge in [-0.3, -0.25) is 0 Å². The van der Waals surface area contributed by atoms with Crippen LogP contribution in [0, 0.1) is 5.41 Å². The number of hydrogen-bond acceptors (Lipinski definition) is 3. The predicted molar refractivity (Wildman–Crippen MR) is 66.1 cm³/mol. The fourth-order valence-electron chi connectivity index (χ4n) is 1.43. The first-order valence-corrected chi connectivity index (χ1v) is 6.10. The van der Waals surface area contributed by atoms with E-state index in [0.29, 0.717) is 5.41 Å². The molecular formula is C12H24N4. The van der Waals surface area contributed by atoms with Gasteiger partial charge in [0, 0.05) is 6.54 Å². The molecule has 1 heterocycles. The van der Waals surface area contributed by atoms with Crippen LogP contribution in [-0.2, 0) is 13.1 Å². The molecule has 0 amide bonds. The Balaban J connectivity index is 2.44. The third kappa shape index (κ3) is 4.75. The summed E-state index contributed by atoms with van der Waals surface area (Å²) in [4.78, 5) is 4.28. The maximum Gasteiger partial charge on any atom is 0.140 e. The van der Waals surface area contributed by atoms with Gasteiger partial charge in [-0.25, -0.2) is 9.67 Å². The van der Waals surface area contributed by atoms with Gasteiger partial charge in [0.15, 0.2) is 0 Å². The summed E-state index contributed by atoms with van der Waals surface area (Å²) in [6, 6.07) is 0. The Kier molecular flexibility index (Phi) is 4.93. The molecule has 0 radical (unpaired) electrons. The van der Waals surface area contributed by atoms with E-state index in [4.69, 9.17) is 0 Å². The molecule has 0 bridgehead atoms. The average Bonchev–Trinajstić information content (AvgIpc) is 2.62. The molecule has 1 aromatic rings. The number of aryl methyl sites for hydroxylation is 1. The van der Waals surface area contributed by atoms with E-state index < -0.39 is 0 Å². The Morgan fingerprint density at radius 2 is 2.12 bits per heavy atom. The fourth-order valence-corrected chi connectivity index (χ4v) is 1.43. The van der Waals surface area contributed by atoms with Gasteiger partial charge in [-0.1, -0.05) is 27.7 Å². The van der Waals surface area contributed by atoms with Crippen molar-refractivity contribution in [1.29, 1.82) is 0 Å². The molecule has 0 aromatic carbocycles. The molecule has 0 unspecified atom stereocenters. The zero-order chi connectivity index (χ0) is 12.0. The van der Waals surface area contributed by atoms with Gasteiger partial charge in [0.1, 0.15) is 12.2 Å². The first-order chi connectivity index (χ1) is 7.53. The lowest BCUT2D eigenvalue weighted by molar-refractivity contribution is 0.336. The van der Waals surface area contributed by atoms with Gasteiger partial charge < -0.3 is 5.32 Å². The molecule has 0 saturated heterocycles. The van der Waals surface area contributed by atoms with Crippen molar-refractivity contribution in [3.05, 3.63) is 12.2 Å². The van der Waals surface area contributed by atoms with E-state index in [1.165, 1.54) is 0 Å². The van der Waals surface area contributed by atoms with Crippen molar-refractivity contribution in [3.8, 4) is 0 Å². The van der Waals surface area contributed by atoms with E-state index in [9.17, 15) is 0 Å². The second-order valence-corrected chi connectivity index (χ2v) is 5.39. The minimum atomic E-state index is 0.347. The van der Waals surface area contributed by atoms with Crippen molar-refractivity contribution in [2.24, 2.45) is 5.41 Å². The van der Waals surface area contributed by atoms with Crippen LogP contribution in [0.25, 0.3) is 0 Å². The molecule has 0 aliphatic carbocycles. The molecular weight excluding hydrogens is 200 g/mol. The highest BCUT2D eigenvalue weighted by Crippen LogP contribution is 2.19. The lowest BCUT2D eigenvalue weighted by atomic mass is 9.92. The minimum absolute atomic E-state index is 0.347. The summed E-state index contributed by atoms with van der Waals surface area (Å²) < 4.78 is 2.01. The van der Waals surface area contributed by atoms with Crippen molar-refractivity contribution in [2.75, 3.05) is 6.54 Å². The molecule has 0 spiro atoms. The normalized spacial score (nSPS) is 12.0. The molecule has 0 aliphatic heterocycles. The molecule has 16 heavy (non-hydrogen) atoms. The van der Waals surface area contributed by atoms with Gasteiger partial charge in [-0.15, -0.1) is 0 Å². The smallest absolute Gasteiger partial charge is 0.140 e. The summed E-state index contributed by atoms with van der Waals surface area (Å²) in [6.07, 6.45) is 3.92. The lowest BCUT2D eigenvalue weighted by Gasteiger charge is -2.18. The summed E-state index contributed by atoms with van der Waals surface area (Å²) in [5.74, 6) is 1.04. The van der Waals surface area contributed by atoms with Crippen LogP contribution in [0.5, 0.6) is 0 Å². The maximum absolute atomic E-state index is 4.28. The van der Waals surface area contributed by atoms with E-state index in [1.807, 2.05) is 4.68 Å². The van der Waals surface area contributed by atoms with E-state index in [-0.39, 0.29) is 0 Å². The predicted octanol–water partition coefficient (Wildman–Crippen LogP) is 2.21. The van der Waals surface area contributed by atoms with Crippen LogP contribution in [0.3, 0.4) is 0 Å². The van der Waals surface area contributed by atoms with Crippen LogP contribution in [0.1, 0.15) is 46.4 Å². The Hall–Kier alpha value is -0.900. The maximum atomic E-state index is 4.28. The number of aromatic nitrogens is 3. The molecule has 1 aromatic heterocycles. The van der Waals surface area contributed by atoms with Gasteiger partial charge in [-0.05, 0) is 24.8 Å². The molecule has 4 nitrogen and oxygen atoms in total. The molecule has 0 aliphatic rings. The summed E-state index contributed by atoms with van der Waals surface area (Å²) in [6.45, 7) is 11.7. The van der Waals surface area contributed by atoms with Crippen molar-refractivity contribution >= 4 is 0 Å². The van der Waals surface area contributed by atoms with Crippen molar-refractivity contribution in [2.45, 2.75) is 53.6 Å². The monoisotopic (exact) mass is 224 g/mol. The quantitative estimate of drug-likeness (QED) is 0.753. The van der Waals surface area contributed by atoms with Crippen LogP contribution in [0.2, 0.25) is 0 Å². The topological polar surface area (TPSA) is 42.7 Å². The van der Waals surface area contributed by atoms with E-state index in [0.717, 1.165) is 38.3 Å². The molecule has 1 N–H and O–H groups in total. The second kappa shape index (κ2) is 5.99. The zero-order valence-electron chi connectivity index (χ0n) is 11.0. The van der Waals surface area contributed by atoms with Gasteiger partial charge in [0.05, 0.1) is 6.54 Å².